The Morgan fingerprint density at radius 1 is 1.43 bits per heavy atom. The summed E-state index contributed by atoms with van der Waals surface area (Å²) in [7, 11) is 3.25. The van der Waals surface area contributed by atoms with Gasteiger partial charge in [-0.05, 0) is 24.5 Å². The minimum absolute atomic E-state index is 0.114. The fourth-order valence-electron chi connectivity index (χ4n) is 1.79. The summed E-state index contributed by atoms with van der Waals surface area (Å²) in [5.41, 5.74) is 0.727. The molecule has 21 heavy (non-hydrogen) atoms. The van der Waals surface area contributed by atoms with Gasteiger partial charge in [-0.25, -0.2) is 4.79 Å². The van der Waals surface area contributed by atoms with Crippen LogP contribution in [0, 0.1) is 5.92 Å². The van der Waals surface area contributed by atoms with Crippen molar-refractivity contribution in [3.63, 3.8) is 0 Å². The molecule has 0 aromatic heterocycles. The van der Waals surface area contributed by atoms with E-state index in [2.05, 4.69) is 5.32 Å². The number of carbonyl (C=O) groups is 2. The highest BCUT2D eigenvalue weighted by Gasteiger charge is 2.13. The number of amides is 2. The van der Waals surface area contributed by atoms with Gasteiger partial charge in [0.25, 0.3) is 0 Å². The van der Waals surface area contributed by atoms with Gasteiger partial charge in [-0.3, -0.25) is 9.69 Å². The number of nitrogens with one attached hydrogen (secondary N) is 1. The molecule has 0 aliphatic carbocycles. The smallest absolute Gasteiger partial charge is 0.321 e. The second-order valence-corrected chi connectivity index (χ2v) is 4.98. The molecule has 0 saturated carbocycles. The van der Waals surface area contributed by atoms with Crippen LogP contribution in [0.5, 0.6) is 5.75 Å². The van der Waals surface area contributed by atoms with E-state index in [0.29, 0.717) is 18.7 Å². The number of nitrogens with zero attached hydrogens (tertiary/aromatic N) is 1. The molecular formula is C15H22N2O4. The van der Waals surface area contributed by atoms with Crippen LogP contribution in [-0.4, -0.2) is 37.8 Å². The molecule has 1 unspecified atom stereocenters. The Morgan fingerprint density at radius 2 is 2.14 bits per heavy atom. The first-order valence-electron chi connectivity index (χ1n) is 6.81. The molecule has 0 radical (unpaired) electrons. The van der Waals surface area contributed by atoms with Gasteiger partial charge in [0.15, 0.2) is 0 Å². The maximum absolute atomic E-state index is 12.0. The molecule has 0 aliphatic heterocycles. The fraction of sp³-hybridized carbons (Fsp3) is 0.467. The van der Waals surface area contributed by atoms with Gasteiger partial charge in [0.05, 0.1) is 7.11 Å². The van der Waals surface area contributed by atoms with Crippen LogP contribution in [0.4, 0.5) is 10.5 Å². The Hall–Kier alpha value is -2.24. The van der Waals surface area contributed by atoms with E-state index in [1.54, 1.807) is 20.2 Å². The summed E-state index contributed by atoms with van der Waals surface area (Å²) in [6.07, 6.45) is 0.654. The van der Waals surface area contributed by atoms with Crippen LogP contribution in [0.1, 0.15) is 19.8 Å². The van der Waals surface area contributed by atoms with E-state index >= 15 is 0 Å². The number of carbonyl (C=O) groups excluding carboxylic acids is 1. The molecular weight excluding hydrogens is 272 g/mol. The maximum atomic E-state index is 12.0. The van der Waals surface area contributed by atoms with E-state index in [1.165, 1.54) is 4.90 Å². The molecule has 1 aromatic carbocycles. The predicted molar refractivity (Wildman–Crippen MR) is 80.8 cm³/mol. The number of rotatable bonds is 7. The number of anilines is 1. The lowest BCUT2D eigenvalue weighted by Crippen LogP contribution is -2.39. The summed E-state index contributed by atoms with van der Waals surface area (Å²) < 4.78 is 5.12. The Kier molecular flexibility index (Phi) is 6.52. The third kappa shape index (κ3) is 5.72. The Morgan fingerprint density at radius 3 is 2.76 bits per heavy atom. The van der Waals surface area contributed by atoms with Crippen molar-refractivity contribution in [2.24, 2.45) is 5.92 Å². The molecule has 6 heteroatoms. The lowest BCUT2D eigenvalue weighted by atomic mass is 10.1. The first-order chi connectivity index (χ1) is 9.93. The Balaban J connectivity index is 2.48. The summed E-state index contributed by atoms with van der Waals surface area (Å²) >= 11 is 0. The number of urea groups is 1. The molecule has 116 valence electrons. The summed E-state index contributed by atoms with van der Waals surface area (Å²) in [4.78, 5) is 24.0. The van der Waals surface area contributed by atoms with Crippen molar-refractivity contribution >= 4 is 17.7 Å². The molecule has 2 amide bonds. The molecule has 0 heterocycles. The zero-order chi connectivity index (χ0) is 15.8. The number of carboxylic acids is 1. The molecule has 0 saturated heterocycles. The van der Waals surface area contributed by atoms with Crippen LogP contribution >= 0.6 is 0 Å². The van der Waals surface area contributed by atoms with Gasteiger partial charge >= 0.3 is 12.0 Å². The SMILES string of the molecule is COc1cccc(N(C)C(=O)NCC(C)CCC(=O)O)c1. The van der Waals surface area contributed by atoms with Gasteiger partial charge < -0.3 is 15.2 Å². The average molecular weight is 294 g/mol. The molecule has 0 spiro atoms. The second-order valence-electron chi connectivity index (χ2n) is 4.98. The highest BCUT2D eigenvalue weighted by molar-refractivity contribution is 5.91. The van der Waals surface area contributed by atoms with E-state index in [9.17, 15) is 9.59 Å². The third-order valence-electron chi connectivity index (χ3n) is 3.20. The van der Waals surface area contributed by atoms with E-state index in [4.69, 9.17) is 9.84 Å². The lowest BCUT2D eigenvalue weighted by molar-refractivity contribution is -0.137. The van der Waals surface area contributed by atoms with Gasteiger partial charge in [-0.1, -0.05) is 13.0 Å². The molecule has 0 aliphatic rings. The third-order valence-corrected chi connectivity index (χ3v) is 3.20. The number of ether oxygens (including phenoxy) is 1. The quantitative estimate of drug-likeness (QED) is 0.809. The fourth-order valence-corrected chi connectivity index (χ4v) is 1.79. The monoisotopic (exact) mass is 294 g/mol. The van der Waals surface area contributed by atoms with Crippen molar-refractivity contribution in [3.05, 3.63) is 24.3 Å². The van der Waals surface area contributed by atoms with Gasteiger partial charge in [-0.2, -0.15) is 0 Å². The topological polar surface area (TPSA) is 78.9 Å². The van der Waals surface area contributed by atoms with Crippen LogP contribution in [0.2, 0.25) is 0 Å². The number of benzene rings is 1. The standard InChI is InChI=1S/C15H22N2O4/c1-11(7-8-14(18)19)10-16-15(20)17(2)12-5-4-6-13(9-12)21-3/h4-6,9,11H,7-8,10H2,1-3H3,(H,16,20)(H,18,19). The molecule has 1 rings (SSSR count). The minimum Gasteiger partial charge on any atom is -0.497 e. The normalized spacial score (nSPS) is 11.6. The highest BCUT2D eigenvalue weighted by atomic mass is 16.5. The van der Waals surface area contributed by atoms with E-state index < -0.39 is 5.97 Å². The summed E-state index contributed by atoms with van der Waals surface area (Å²) in [6, 6.07) is 6.98. The van der Waals surface area contributed by atoms with Gasteiger partial charge in [0, 0.05) is 31.8 Å². The predicted octanol–water partition coefficient (Wildman–Crippen LogP) is 2.34. The summed E-state index contributed by atoms with van der Waals surface area (Å²) in [5, 5.41) is 11.4. The molecule has 6 nitrogen and oxygen atoms in total. The van der Waals surface area contributed by atoms with Crippen LogP contribution in [-0.2, 0) is 4.79 Å². The van der Waals surface area contributed by atoms with Crippen LogP contribution in [0.15, 0.2) is 24.3 Å². The van der Waals surface area contributed by atoms with E-state index in [-0.39, 0.29) is 18.4 Å². The minimum atomic E-state index is -0.818. The van der Waals surface area contributed by atoms with Gasteiger partial charge in [0.1, 0.15) is 5.75 Å². The van der Waals surface area contributed by atoms with Crippen LogP contribution < -0.4 is 15.0 Å². The number of aliphatic carboxylic acids is 1. The molecule has 0 fully saturated rings. The largest absolute Gasteiger partial charge is 0.497 e. The average Bonchev–Trinajstić information content (AvgIpc) is 2.49. The van der Waals surface area contributed by atoms with Crippen molar-refractivity contribution < 1.29 is 19.4 Å². The number of carboxylic acid groups (broad SMARTS) is 1. The summed E-state index contributed by atoms with van der Waals surface area (Å²) in [5.74, 6) is -0.0209. The molecule has 0 bridgehead atoms. The van der Waals surface area contributed by atoms with Crippen molar-refractivity contribution in [1.29, 1.82) is 0 Å². The van der Waals surface area contributed by atoms with E-state index in [1.807, 2.05) is 25.1 Å². The zero-order valence-electron chi connectivity index (χ0n) is 12.6. The number of methoxy groups -OCH3 is 1. The molecule has 2 N–H and O–H groups in total. The summed E-state index contributed by atoms with van der Waals surface area (Å²) in [6.45, 7) is 2.36. The highest BCUT2D eigenvalue weighted by Crippen LogP contribution is 2.19. The van der Waals surface area contributed by atoms with Crippen molar-refractivity contribution in [3.8, 4) is 5.75 Å². The number of hydrogen-bond acceptors (Lipinski definition) is 3. The Bertz CT molecular complexity index is 490. The molecule has 1 atom stereocenters. The van der Waals surface area contributed by atoms with Crippen LogP contribution in [0.3, 0.4) is 0 Å². The first kappa shape index (κ1) is 16.8. The van der Waals surface area contributed by atoms with Crippen molar-refractivity contribution in [2.75, 3.05) is 25.6 Å². The van der Waals surface area contributed by atoms with Crippen molar-refractivity contribution in [1.82, 2.24) is 5.32 Å². The first-order valence-corrected chi connectivity index (χ1v) is 6.81. The van der Waals surface area contributed by atoms with Crippen molar-refractivity contribution in [2.45, 2.75) is 19.8 Å². The lowest BCUT2D eigenvalue weighted by Gasteiger charge is -2.20. The second kappa shape index (κ2) is 8.14. The van der Waals surface area contributed by atoms with Crippen LogP contribution in [0.25, 0.3) is 0 Å². The van der Waals surface area contributed by atoms with Gasteiger partial charge in [-0.15, -0.1) is 0 Å². The Labute approximate surface area is 124 Å². The number of hydrogen-bond donors (Lipinski definition) is 2. The zero-order valence-corrected chi connectivity index (χ0v) is 12.6. The molecule has 1 aromatic rings. The van der Waals surface area contributed by atoms with E-state index in [0.717, 1.165) is 5.69 Å². The van der Waals surface area contributed by atoms with Gasteiger partial charge in [0.2, 0.25) is 0 Å². The maximum Gasteiger partial charge on any atom is 0.321 e.